The highest BCUT2D eigenvalue weighted by Crippen LogP contribution is 2.32. The highest BCUT2D eigenvalue weighted by Gasteiger charge is 2.16. The largest absolute Gasteiger partial charge is 0.454 e. The van der Waals surface area contributed by atoms with Crippen LogP contribution in [-0.2, 0) is 0 Å². The van der Waals surface area contributed by atoms with Crippen LogP contribution in [0, 0.1) is 0 Å². The number of fused-ring (bicyclic) bond motifs is 1. The van der Waals surface area contributed by atoms with Crippen molar-refractivity contribution >= 4 is 17.4 Å². The van der Waals surface area contributed by atoms with E-state index < -0.39 is 0 Å². The molecule has 1 aromatic heterocycles. The van der Waals surface area contributed by atoms with Gasteiger partial charge in [-0.05, 0) is 36.8 Å². The molecule has 0 bridgehead atoms. The number of hydrogen-bond acceptors (Lipinski definition) is 5. The number of anilines is 2. The van der Waals surface area contributed by atoms with Crippen LogP contribution in [0.1, 0.15) is 23.7 Å². The lowest BCUT2D eigenvalue weighted by atomic mass is 10.2. The normalized spacial score (nSPS) is 12.0. The van der Waals surface area contributed by atoms with Crippen molar-refractivity contribution < 1.29 is 14.3 Å². The maximum Gasteiger partial charge on any atom is 0.255 e. The van der Waals surface area contributed by atoms with E-state index in [1.54, 1.807) is 24.4 Å². The number of nitrogens with zero attached hydrogens (tertiary/aromatic N) is 1. The van der Waals surface area contributed by atoms with Crippen molar-refractivity contribution in [2.24, 2.45) is 0 Å². The summed E-state index contributed by atoms with van der Waals surface area (Å²) in [6.07, 6.45) is 2.66. The zero-order valence-corrected chi connectivity index (χ0v) is 12.3. The minimum absolute atomic E-state index is 0.191. The first-order chi connectivity index (χ1) is 10.8. The molecule has 0 unspecified atom stereocenters. The monoisotopic (exact) mass is 299 g/mol. The summed E-state index contributed by atoms with van der Waals surface area (Å²) in [7, 11) is 0. The second-order valence-electron chi connectivity index (χ2n) is 4.88. The van der Waals surface area contributed by atoms with E-state index in [0.717, 1.165) is 18.8 Å². The SMILES string of the molecule is CCCNc1ccc(NC(=O)c2ccc3c(c2)OCO3)cn1. The molecule has 0 saturated carbocycles. The van der Waals surface area contributed by atoms with E-state index >= 15 is 0 Å². The predicted octanol–water partition coefficient (Wildman–Crippen LogP) is 2.88. The molecule has 6 nitrogen and oxygen atoms in total. The molecule has 1 aliphatic heterocycles. The summed E-state index contributed by atoms with van der Waals surface area (Å²) in [5.74, 6) is 1.83. The first-order valence-corrected chi connectivity index (χ1v) is 7.17. The van der Waals surface area contributed by atoms with E-state index in [1.807, 2.05) is 12.1 Å². The molecule has 2 aromatic rings. The van der Waals surface area contributed by atoms with Gasteiger partial charge in [0.2, 0.25) is 6.79 Å². The van der Waals surface area contributed by atoms with Crippen LogP contribution < -0.4 is 20.1 Å². The third-order valence-corrected chi connectivity index (χ3v) is 3.21. The number of nitrogens with one attached hydrogen (secondary N) is 2. The van der Waals surface area contributed by atoms with E-state index in [9.17, 15) is 4.79 Å². The average Bonchev–Trinajstić information content (AvgIpc) is 3.01. The molecule has 22 heavy (non-hydrogen) atoms. The van der Waals surface area contributed by atoms with Gasteiger partial charge in [-0.15, -0.1) is 0 Å². The molecule has 2 N–H and O–H groups in total. The van der Waals surface area contributed by atoms with Gasteiger partial charge in [0.25, 0.3) is 5.91 Å². The summed E-state index contributed by atoms with van der Waals surface area (Å²) in [4.78, 5) is 16.5. The average molecular weight is 299 g/mol. The summed E-state index contributed by atoms with van der Waals surface area (Å²) in [5.41, 5.74) is 1.15. The summed E-state index contributed by atoms with van der Waals surface area (Å²) >= 11 is 0. The summed E-state index contributed by atoms with van der Waals surface area (Å²) in [5, 5.41) is 5.99. The number of carbonyl (C=O) groups excluding carboxylic acids is 1. The highest BCUT2D eigenvalue weighted by molar-refractivity contribution is 6.04. The van der Waals surface area contributed by atoms with Crippen molar-refractivity contribution in [2.45, 2.75) is 13.3 Å². The Bertz CT molecular complexity index is 671. The van der Waals surface area contributed by atoms with Gasteiger partial charge in [0.05, 0.1) is 11.9 Å². The standard InChI is InChI=1S/C16H17N3O3/c1-2-7-17-15-6-4-12(9-18-15)19-16(20)11-3-5-13-14(8-11)22-10-21-13/h3-6,8-9H,2,7,10H2,1H3,(H,17,18)(H,19,20). The van der Waals surface area contributed by atoms with Crippen LogP contribution in [0.5, 0.6) is 11.5 Å². The molecule has 6 heteroatoms. The van der Waals surface area contributed by atoms with E-state index in [2.05, 4.69) is 22.5 Å². The van der Waals surface area contributed by atoms with Crippen LogP contribution in [0.3, 0.4) is 0 Å². The van der Waals surface area contributed by atoms with Crippen molar-refractivity contribution in [3.05, 3.63) is 42.1 Å². The quantitative estimate of drug-likeness (QED) is 0.888. The molecule has 1 amide bonds. The molecule has 0 spiro atoms. The highest BCUT2D eigenvalue weighted by atomic mass is 16.7. The van der Waals surface area contributed by atoms with Gasteiger partial charge in [-0.3, -0.25) is 4.79 Å². The molecule has 1 aromatic carbocycles. The second kappa shape index (κ2) is 6.34. The Balaban J connectivity index is 1.66. The number of pyridine rings is 1. The lowest BCUT2D eigenvalue weighted by molar-refractivity contribution is 0.102. The predicted molar refractivity (Wildman–Crippen MR) is 83.5 cm³/mol. The van der Waals surface area contributed by atoms with Gasteiger partial charge < -0.3 is 20.1 Å². The molecule has 0 saturated heterocycles. The molecule has 1 aliphatic rings. The number of carbonyl (C=O) groups is 1. The third kappa shape index (κ3) is 3.11. The smallest absolute Gasteiger partial charge is 0.255 e. The van der Waals surface area contributed by atoms with Crippen LogP contribution in [0.2, 0.25) is 0 Å². The van der Waals surface area contributed by atoms with Crippen LogP contribution in [0.25, 0.3) is 0 Å². The molecule has 0 atom stereocenters. The number of benzene rings is 1. The third-order valence-electron chi connectivity index (χ3n) is 3.21. The maximum absolute atomic E-state index is 12.2. The van der Waals surface area contributed by atoms with Crippen molar-refractivity contribution in [2.75, 3.05) is 24.0 Å². The van der Waals surface area contributed by atoms with Gasteiger partial charge in [0.15, 0.2) is 11.5 Å². The lowest BCUT2D eigenvalue weighted by Gasteiger charge is -2.07. The number of ether oxygens (including phenoxy) is 2. The Hall–Kier alpha value is -2.76. The topological polar surface area (TPSA) is 72.5 Å². The van der Waals surface area contributed by atoms with E-state index in [1.165, 1.54) is 0 Å². The summed E-state index contributed by atoms with van der Waals surface area (Å²) < 4.78 is 10.5. The molecule has 3 rings (SSSR count). The first kappa shape index (κ1) is 14.2. The lowest BCUT2D eigenvalue weighted by Crippen LogP contribution is -2.12. The number of aromatic nitrogens is 1. The van der Waals surface area contributed by atoms with Crippen molar-refractivity contribution in [1.82, 2.24) is 4.98 Å². The van der Waals surface area contributed by atoms with Gasteiger partial charge in [-0.2, -0.15) is 0 Å². The van der Waals surface area contributed by atoms with Gasteiger partial charge in [-0.25, -0.2) is 4.98 Å². The maximum atomic E-state index is 12.2. The van der Waals surface area contributed by atoms with Crippen LogP contribution in [0.4, 0.5) is 11.5 Å². The Morgan fingerprint density at radius 3 is 2.86 bits per heavy atom. The molecule has 114 valence electrons. The van der Waals surface area contributed by atoms with Gasteiger partial charge in [0.1, 0.15) is 5.82 Å². The van der Waals surface area contributed by atoms with E-state index in [4.69, 9.17) is 9.47 Å². The zero-order valence-electron chi connectivity index (χ0n) is 12.3. The van der Waals surface area contributed by atoms with Crippen LogP contribution >= 0.6 is 0 Å². The molecular formula is C16H17N3O3. The molecule has 0 aliphatic carbocycles. The van der Waals surface area contributed by atoms with Gasteiger partial charge in [0, 0.05) is 12.1 Å². The number of rotatable bonds is 5. The molecule has 2 heterocycles. The number of hydrogen-bond donors (Lipinski definition) is 2. The Morgan fingerprint density at radius 1 is 1.23 bits per heavy atom. The summed E-state index contributed by atoms with van der Waals surface area (Å²) in [6, 6.07) is 8.75. The van der Waals surface area contributed by atoms with Crippen molar-refractivity contribution in [3.63, 3.8) is 0 Å². The molecule has 0 fully saturated rings. The van der Waals surface area contributed by atoms with Crippen LogP contribution in [-0.4, -0.2) is 24.2 Å². The fraction of sp³-hybridized carbons (Fsp3) is 0.250. The van der Waals surface area contributed by atoms with Gasteiger partial charge in [-0.1, -0.05) is 6.92 Å². The Morgan fingerprint density at radius 2 is 2.09 bits per heavy atom. The van der Waals surface area contributed by atoms with E-state index in [-0.39, 0.29) is 12.7 Å². The Kier molecular flexibility index (Phi) is 4.09. The fourth-order valence-electron chi connectivity index (χ4n) is 2.07. The van der Waals surface area contributed by atoms with Crippen molar-refractivity contribution in [3.8, 4) is 11.5 Å². The molecular weight excluding hydrogens is 282 g/mol. The van der Waals surface area contributed by atoms with E-state index in [0.29, 0.717) is 22.7 Å². The van der Waals surface area contributed by atoms with Crippen LogP contribution in [0.15, 0.2) is 36.5 Å². The minimum atomic E-state index is -0.214. The van der Waals surface area contributed by atoms with Crippen molar-refractivity contribution in [1.29, 1.82) is 0 Å². The van der Waals surface area contributed by atoms with Gasteiger partial charge >= 0.3 is 0 Å². The Labute approximate surface area is 128 Å². The zero-order chi connectivity index (χ0) is 15.4. The molecule has 0 radical (unpaired) electrons. The fourth-order valence-corrected chi connectivity index (χ4v) is 2.07. The second-order valence-corrected chi connectivity index (χ2v) is 4.88. The summed E-state index contributed by atoms with van der Waals surface area (Å²) in [6.45, 7) is 3.15. The first-order valence-electron chi connectivity index (χ1n) is 7.17. The number of amides is 1. The minimum Gasteiger partial charge on any atom is -0.454 e.